The first-order valence-corrected chi connectivity index (χ1v) is 8.97. The van der Waals surface area contributed by atoms with E-state index in [1.54, 1.807) is 17.2 Å². The van der Waals surface area contributed by atoms with Crippen molar-refractivity contribution in [3.8, 4) is 0 Å². The van der Waals surface area contributed by atoms with Crippen molar-refractivity contribution >= 4 is 39.1 Å². The number of halogens is 1. The van der Waals surface area contributed by atoms with Crippen molar-refractivity contribution in [2.75, 3.05) is 42.6 Å². The molecule has 2 aliphatic heterocycles. The van der Waals surface area contributed by atoms with Gasteiger partial charge in [-0.15, -0.1) is 0 Å². The molecule has 2 aliphatic rings. The molecule has 3 heterocycles. The molecule has 1 saturated heterocycles. The number of fused-ring (bicyclic) bond motifs is 1. The summed E-state index contributed by atoms with van der Waals surface area (Å²) in [6.45, 7) is 3.77. The van der Waals surface area contributed by atoms with Crippen LogP contribution in [0.2, 0.25) is 0 Å². The number of anilines is 2. The average Bonchev–Trinajstić information content (AvgIpc) is 2.88. The predicted octanol–water partition coefficient (Wildman–Crippen LogP) is 2.15. The van der Waals surface area contributed by atoms with Crippen molar-refractivity contribution in [2.45, 2.75) is 0 Å². The number of carbonyl (C=O) groups excluding carboxylic acids is 2. The van der Waals surface area contributed by atoms with Crippen LogP contribution in [0.4, 0.5) is 11.5 Å². The third-order valence-corrected chi connectivity index (χ3v) is 5.11. The summed E-state index contributed by atoms with van der Waals surface area (Å²) in [5, 5.41) is 0. The maximum atomic E-state index is 12.3. The van der Waals surface area contributed by atoms with Crippen LogP contribution in [0.15, 0.2) is 47.1 Å². The van der Waals surface area contributed by atoms with E-state index < -0.39 is 11.7 Å². The summed E-state index contributed by atoms with van der Waals surface area (Å²) in [7, 11) is 0. The van der Waals surface area contributed by atoms with Crippen molar-refractivity contribution in [1.82, 2.24) is 9.88 Å². The third kappa shape index (κ3) is 3.05. The molecule has 128 valence electrons. The standard InChI is InChI=1S/C18H17BrN4O2/c19-13-4-5-15-14(11-13)17(24)18(25)23(15)12-21-7-9-22(10-8-21)16-3-1-2-6-20-16/h1-6,11H,7-10,12H2. The number of carbonyl (C=O) groups is 2. The number of benzene rings is 1. The van der Waals surface area contributed by atoms with Crippen LogP contribution in [-0.2, 0) is 4.79 Å². The second kappa shape index (κ2) is 6.57. The highest BCUT2D eigenvalue weighted by molar-refractivity contribution is 9.10. The number of Topliss-reactive ketones (excluding diaryl/α,β-unsaturated/α-hetero) is 1. The first-order valence-electron chi connectivity index (χ1n) is 8.17. The summed E-state index contributed by atoms with van der Waals surface area (Å²) >= 11 is 3.36. The summed E-state index contributed by atoms with van der Waals surface area (Å²) < 4.78 is 0.804. The lowest BCUT2D eigenvalue weighted by Crippen LogP contribution is -2.51. The van der Waals surface area contributed by atoms with Crippen LogP contribution < -0.4 is 9.80 Å². The molecule has 4 rings (SSSR count). The Balaban J connectivity index is 1.44. The van der Waals surface area contributed by atoms with Crippen LogP contribution in [-0.4, -0.2) is 54.4 Å². The fourth-order valence-electron chi connectivity index (χ4n) is 3.27. The average molecular weight is 401 g/mol. The van der Waals surface area contributed by atoms with Gasteiger partial charge in [0.15, 0.2) is 0 Å². The normalized spacial score (nSPS) is 18.0. The van der Waals surface area contributed by atoms with Gasteiger partial charge in [-0.3, -0.25) is 19.4 Å². The highest BCUT2D eigenvalue weighted by atomic mass is 79.9. The molecule has 0 atom stereocenters. The van der Waals surface area contributed by atoms with E-state index in [0.717, 1.165) is 36.5 Å². The molecular formula is C18H17BrN4O2. The minimum absolute atomic E-state index is 0.427. The Bertz CT molecular complexity index is 819. The molecule has 0 N–H and O–H groups in total. The van der Waals surface area contributed by atoms with Gasteiger partial charge in [-0.05, 0) is 30.3 Å². The molecule has 0 spiro atoms. The lowest BCUT2D eigenvalue weighted by atomic mass is 10.1. The maximum absolute atomic E-state index is 12.3. The molecule has 0 aliphatic carbocycles. The minimum atomic E-state index is -0.444. The van der Waals surface area contributed by atoms with E-state index >= 15 is 0 Å². The molecule has 0 radical (unpaired) electrons. The van der Waals surface area contributed by atoms with Crippen LogP contribution >= 0.6 is 15.9 Å². The van der Waals surface area contributed by atoms with Crippen LogP contribution in [0.5, 0.6) is 0 Å². The van der Waals surface area contributed by atoms with Crippen LogP contribution in [0, 0.1) is 0 Å². The predicted molar refractivity (Wildman–Crippen MR) is 98.8 cm³/mol. The van der Waals surface area contributed by atoms with Crippen LogP contribution in [0.3, 0.4) is 0 Å². The smallest absolute Gasteiger partial charge is 0.300 e. The quantitative estimate of drug-likeness (QED) is 0.738. The van der Waals surface area contributed by atoms with Gasteiger partial charge in [0.2, 0.25) is 0 Å². The van der Waals surface area contributed by atoms with Crippen molar-refractivity contribution in [1.29, 1.82) is 0 Å². The second-order valence-electron chi connectivity index (χ2n) is 6.16. The van der Waals surface area contributed by atoms with Gasteiger partial charge in [-0.25, -0.2) is 4.98 Å². The van der Waals surface area contributed by atoms with Crippen molar-refractivity contribution < 1.29 is 9.59 Å². The number of nitrogens with zero attached hydrogens (tertiary/aromatic N) is 4. The second-order valence-corrected chi connectivity index (χ2v) is 7.07. The highest BCUT2D eigenvalue weighted by Crippen LogP contribution is 2.31. The Morgan fingerprint density at radius 1 is 1.04 bits per heavy atom. The van der Waals surface area contributed by atoms with E-state index in [4.69, 9.17) is 0 Å². The summed E-state index contributed by atoms with van der Waals surface area (Å²) in [5.74, 6) is 0.105. The van der Waals surface area contributed by atoms with Gasteiger partial charge in [0.25, 0.3) is 5.78 Å². The molecular weight excluding hydrogens is 384 g/mol. The number of hydrogen-bond acceptors (Lipinski definition) is 5. The molecule has 1 aromatic carbocycles. The lowest BCUT2D eigenvalue weighted by Gasteiger charge is -2.37. The van der Waals surface area contributed by atoms with Crippen molar-refractivity contribution in [2.24, 2.45) is 0 Å². The van der Waals surface area contributed by atoms with Crippen molar-refractivity contribution in [3.63, 3.8) is 0 Å². The summed E-state index contributed by atoms with van der Waals surface area (Å²) in [4.78, 5) is 34.9. The zero-order valence-electron chi connectivity index (χ0n) is 13.6. The minimum Gasteiger partial charge on any atom is -0.354 e. The van der Waals surface area contributed by atoms with Gasteiger partial charge in [-0.1, -0.05) is 22.0 Å². The molecule has 0 unspecified atom stereocenters. The SMILES string of the molecule is O=C1C(=O)N(CN2CCN(c3ccccn3)CC2)c2ccc(Br)cc21. The van der Waals surface area contributed by atoms with Crippen LogP contribution in [0.1, 0.15) is 10.4 Å². The fraction of sp³-hybridized carbons (Fsp3) is 0.278. The molecule has 2 aromatic rings. The van der Waals surface area contributed by atoms with E-state index in [1.807, 2.05) is 30.3 Å². The zero-order chi connectivity index (χ0) is 17.4. The van der Waals surface area contributed by atoms with Crippen LogP contribution in [0.25, 0.3) is 0 Å². The fourth-order valence-corrected chi connectivity index (χ4v) is 3.63. The van der Waals surface area contributed by atoms with E-state index in [9.17, 15) is 9.59 Å². The number of hydrogen-bond donors (Lipinski definition) is 0. The Morgan fingerprint density at radius 2 is 1.84 bits per heavy atom. The molecule has 0 bridgehead atoms. The number of pyridine rings is 1. The Kier molecular flexibility index (Phi) is 4.27. The summed E-state index contributed by atoms with van der Waals surface area (Å²) in [5.41, 5.74) is 1.18. The van der Waals surface area contributed by atoms with E-state index in [2.05, 4.69) is 30.7 Å². The number of amides is 1. The lowest BCUT2D eigenvalue weighted by molar-refractivity contribution is -0.114. The number of ketones is 1. The van der Waals surface area contributed by atoms with Gasteiger partial charge in [0.1, 0.15) is 5.82 Å². The zero-order valence-corrected chi connectivity index (χ0v) is 15.1. The van der Waals surface area contributed by atoms with Gasteiger partial charge in [0.05, 0.1) is 17.9 Å². The van der Waals surface area contributed by atoms with Crippen molar-refractivity contribution in [3.05, 3.63) is 52.6 Å². The largest absolute Gasteiger partial charge is 0.354 e. The van der Waals surface area contributed by atoms with Gasteiger partial charge >= 0.3 is 5.91 Å². The Labute approximate surface area is 154 Å². The molecule has 6 nitrogen and oxygen atoms in total. The highest BCUT2D eigenvalue weighted by Gasteiger charge is 2.37. The molecule has 0 saturated carbocycles. The van der Waals surface area contributed by atoms with Gasteiger partial charge in [0, 0.05) is 36.8 Å². The summed E-state index contributed by atoms with van der Waals surface area (Å²) in [6, 6.07) is 11.3. The molecule has 1 fully saturated rings. The Hall–Kier alpha value is -2.25. The molecule has 1 aromatic heterocycles. The first kappa shape index (κ1) is 16.2. The molecule has 1 amide bonds. The summed E-state index contributed by atoms with van der Waals surface area (Å²) in [6.07, 6.45) is 1.80. The molecule has 7 heteroatoms. The number of rotatable bonds is 3. The van der Waals surface area contributed by atoms with E-state index in [-0.39, 0.29) is 0 Å². The first-order chi connectivity index (χ1) is 12.1. The molecule has 25 heavy (non-hydrogen) atoms. The number of aromatic nitrogens is 1. The van der Waals surface area contributed by atoms with Gasteiger partial charge in [-0.2, -0.15) is 0 Å². The van der Waals surface area contributed by atoms with E-state index in [1.165, 1.54) is 0 Å². The monoisotopic (exact) mass is 400 g/mol. The Morgan fingerprint density at radius 3 is 2.56 bits per heavy atom. The number of piperazine rings is 1. The third-order valence-electron chi connectivity index (χ3n) is 4.62. The van der Waals surface area contributed by atoms with Gasteiger partial charge < -0.3 is 4.90 Å². The topological polar surface area (TPSA) is 56.8 Å². The maximum Gasteiger partial charge on any atom is 0.300 e. The van der Waals surface area contributed by atoms with E-state index in [0.29, 0.717) is 17.9 Å².